The van der Waals surface area contributed by atoms with Gasteiger partial charge in [0.2, 0.25) is 0 Å². The van der Waals surface area contributed by atoms with Crippen molar-refractivity contribution in [1.29, 1.82) is 0 Å². The molecule has 2 aliphatic rings. The SMILES string of the molecule is CCCN1CCc2cc(OCCF)cc3c2C1(C)Cc1cccc(O)c1-3. The van der Waals surface area contributed by atoms with Crippen LogP contribution in [-0.4, -0.2) is 36.4 Å². The molecule has 0 saturated carbocycles. The number of benzene rings is 2. The van der Waals surface area contributed by atoms with Crippen LogP contribution < -0.4 is 4.74 Å². The zero-order valence-corrected chi connectivity index (χ0v) is 15.5. The Bertz CT molecular complexity index is 835. The van der Waals surface area contributed by atoms with E-state index in [9.17, 15) is 9.50 Å². The molecule has 1 N–H and O–H groups in total. The van der Waals surface area contributed by atoms with E-state index >= 15 is 0 Å². The molecule has 0 fully saturated rings. The smallest absolute Gasteiger partial charge is 0.123 e. The lowest BCUT2D eigenvalue weighted by atomic mass is 9.69. The van der Waals surface area contributed by atoms with E-state index in [2.05, 4.69) is 30.9 Å². The van der Waals surface area contributed by atoms with Crippen molar-refractivity contribution in [3.05, 3.63) is 47.0 Å². The van der Waals surface area contributed by atoms with Crippen molar-refractivity contribution in [3.63, 3.8) is 0 Å². The summed E-state index contributed by atoms with van der Waals surface area (Å²) in [6, 6.07) is 9.83. The Morgan fingerprint density at radius 3 is 2.88 bits per heavy atom. The third kappa shape index (κ3) is 2.59. The Morgan fingerprint density at radius 1 is 1.27 bits per heavy atom. The van der Waals surface area contributed by atoms with E-state index in [-0.39, 0.29) is 12.1 Å². The van der Waals surface area contributed by atoms with E-state index in [1.807, 2.05) is 12.1 Å². The molecule has 0 amide bonds. The molecule has 1 heterocycles. The molecule has 138 valence electrons. The van der Waals surface area contributed by atoms with Gasteiger partial charge in [-0.2, -0.15) is 0 Å². The maximum atomic E-state index is 12.6. The number of fused-ring (bicyclic) bond motifs is 2. The zero-order valence-electron chi connectivity index (χ0n) is 15.5. The van der Waals surface area contributed by atoms with Crippen molar-refractivity contribution < 1.29 is 14.2 Å². The molecule has 1 aliphatic carbocycles. The van der Waals surface area contributed by atoms with E-state index in [1.165, 1.54) is 11.1 Å². The van der Waals surface area contributed by atoms with Gasteiger partial charge in [-0.25, -0.2) is 4.39 Å². The number of nitrogens with zero attached hydrogens (tertiary/aromatic N) is 1. The van der Waals surface area contributed by atoms with Gasteiger partial charge in [-0.05, 0) is 73.2 Å². The molecule has 0 aromatic heterocycles. The third-order valence-corrected chi connectivity index (χ3v) is 5.85. The molecule has 2 aromatic rings. The monoisotopic (exact) mass is 355 g/mol. The average molecular weight is 355 g/mol. The molecular weight excluding hydrogens is 329 g/mol. The van der Waals surface area contributed by atoms with Crippen LogP contribution in [0.25, 0.3) is 11.1 Å². The second-order valence-corrected chi connectivity index (χ2v) is 7.54. The van der Waals surface area contributed by atoms with E-state index in [0.717, 1.165) is 49.0 Å². The maximum absolute atomic E-state index is 12.6. The summed E-state index contributed by atoms with van der Waals surface area (Å²) < 4.78 is 18.2. The van der Waals surface area contributed by atoms with Crippen molar-refractivity contribution in [2.24, 2.45) is 0 Å². The van der Waals surface area contributed by atoms with Gasteiger partial charge in [0, 0.05) is 17.6 Å². The Balaban J connectivity index is 1.94. The summed E-state index contributed by atoms with van der Waals surface area (Å²) in [5.74, 6) is 1.00. The first-order valence-electron chi connectivity index (χ1n) is 9.51. The van der Waals surface area contributed by atoms with Gasteiger partial charge in [-0.1, -0.05) is 19.1 Å². The van der Waals surface area contributed by atoms with Crippen LogP contribution >= 0.6 is 0 Å². The van der Waals surface area contributed by atoms with Gasteiger partial charge in [0.25, 0.3) is 0 Å². The Hall–Kier alpha value is -2.07. The van der Waals surface area contributed by atoms with Crippen LogP contribution in [0.2, 0.25) is 0 Å². The molecule has 1 aliphatic heterocycles. The zero-order chi connectivity index (χ0) is 18.3. The topological polar surface area (TPSA) is 32.7 Å². The molecule has 4 rings (SSSR count). The highest BCUT2D eigenvalue weighted by Crippen LogP contribution is 2.52. The van der Waals surface area contributed by atoms with Gasteiger partial charge in [-0.15, -0.1) is 0 Å². The Kier molecular flexibility index (Phi) is 4.39. The molecule has 0 radical (unpaired) electrons. The Labute approximate surface area is 154 Å². The number of hydrogen-bond acceptors (Lipinski definition) is 3. The van der Waals surface area contributed by atoms with Gasteiger partial charge < -0.3 is 9.84 Å². The summed E-state index contributed by atoms with van der Waals surface area (Å²) in [4.78, 5) is 2.58. The maximum Gasteiger partial charge on any atom is 0.123 e. The first-order valence-corrected chi connectivity index (χ1v) is 9.51. The summed E-state index contributed by atoms with van der Waals surface area (Å²) in [5.41, 5.74) is 5.60. The minimum Gasteiger partial charge on any atom is -0.507 e. The van der Waals surface area contributed by atoms with E-state index in [4.69, 9.17) is 4.74 Å². The Morgan fingerprint density at radius 2 is 2.12 bits per heavy atom. The number of hydrogen-bond donors (Lipinski definition) is 1. The fourth-order valence-corrected chi connectivity index (χ4v) is 4.85. The molecule has 0 spiro atoms. The molecular formula is C22H26FNO2. The van der Waals surface area contributed by atoms with Crippen molar-refractivity contribution in [3.8, 4) is 22.6 Å². The van der Waals surface area contributed by atoms with E-state index < -0.39 is 6.67 Å². The van der Waals surface area contributed by atoms with Crippen LogP contribution in [0.5, 0.6) is 11.5 Å². The number of halogens is 1. The second-order valence-electron chi connectivity index (χ2n) is 7.54. The first kappa shape index (κ1) is 17.3. The quantitative estimate of drug-likeness (QED) is 0.860. The normalized spacial score (nSPS) is 21.2. The molecule has 26 heavy (non-hydrogen) atoms. The highest BCUT2D eigenvalue weighted by Gasteiger charge is 2.44. The average Bonchev–Trinajstić information content (AvgIpc) is 2.62. The lowest BCUT2D eigenvalue weighted by Crippen LogP contribution is -2.51. The predicted octanol–water partition coefficient (Wildman–Crippen LogP) is 4.45. The molecule has 0 saturated heterocycles. The highest BCUT2D eigenvalue weighted by molar-refractivity contribution is 5.82. The molecule has 2 aromatic carbocycles. The fraction of sp³-hybridized carbons (Fsp3) is 0.455. The van der Waals surface area contributed by atoms with Crippen molar-refractivity contribution in [1.82, 2.24) is 4.90 Å². The summed E-state index contributed by atoms with van der Waals surface area (Å²) in [6.45, 7) is 6.16. The molecule has 0 bridgehead atoms. The van der Waals surface area contributed by atoms with Gasteiger partial charge in [-0.3, -0.25) is 4.90 Å². The van der Waals surface area contributed by atoms with Gasteiger partial charge in [0.15, 0.2) is 0 Å². The van der Waals surface area contributed by atoms with Crippen LogP contribution in [-0.2, 0) is 18.4 Å². The van der Waals surface area contributed by atoms with Crippen LogP contribution in [0.1, 0.15) is 37.0 Å². The van der Waals surface area contributed by atoms with Crippen LogP contribution in [0.15, 0.2) is 30.3 Å². The summed E-state index contributed by atoms with van der Waals surface area (Å²) >= 11 is 0. The molecule has 1 atom stereocenters. The number of alkyl halides is 1. The summed E-state index contributed by atoms with van der Waals surface area (Å²) in [7, 11) is 0. The van der Waals surface area contributed by atoms with Crippen LogP contribution in [0.3, 0.4) is 0 Å². The minimum atomic E-state index is -0.504. The van der Waals surface area contributed by atoms with Gasteiger partial charge in [0.1, 0.15) is 24.8 Å². The van der Waals surface area contributed by atoms with E-state index in [1.54, 1.807) is 6.07 Å². The number of aromatic hydroxyl groups is 1. The number of phenols is 1. The lowest BCUT2D eigenvalue weighted by Gasteiger charge is -2.50. The standard InChI is InChI=1S/C22H26FNO2/c1-3-9-24-10-7-15-12-17(26-11-8-23)13-18-20-16(5-4-6-19(20)25)14-22(24,2)21(15)18/h4-6,12-13,25H,3,7-11,14H2,1-2H3. The van der Waals surface area contributed by atoms with Crippen molar-refractivity contribution in [2.45, 2.75) is 38.6 Å². The van der Waals surface area contributed by atoms with Crippen molar-refractivity contribution in [2.75, 3.05) is 26.4 Å². The summed E-state index contributed by atoms with van der Waals surface area (Å²) in [5, 5.41) is 10.6. The molecule has 3 nitrogen and oxygen atoms in total. The van der Waals surface area contributed by atoms with Gasteiger partial charge in [0.05, 0.1) is 0 Å². The molecule has 4 heteroatoms. The second kappa shape index (κ2) is 6.58. The largest absolute Gasteiger partial charge is 0.507 e. The molecule has 1 unspecified atom stereocenters. The fourth-order valence-electron chi connectivity index (χ4n) is 4.85. The van der Waals surface area contributed by atoms with Crippen molar-refractivity contribution >= 4 is 0 Å². The van der Waals surface area contributed by atoms with Crippen LogP contribution in [0.4, 0.5) is 4.39 Å². The predicted molar refractivity (Wildman–Crippen MR) is 102 cm³/mol. The first-order chi connectivity index (χ1) is 12.6. The van der Waals surface area contributed by atoms with Gasteiger partial charge >= 0.3 is 0 Å². The number of rotatable bonds is 5. The third-order valence-electron chi connectivity index (χ3n) is 5.85. The minimum absolute atomic E-state index is 0.0606. The number of phenolic OH excluding ortho intramolecular Hbond substituents is 1. The lowest BCUT2D eigenvalue weighted by molar-refractivity contribution is 0.0883. The van der Waals surface area contributed by atoms with E-state index in [0.29, 0.717) is 11.5 Å². The summed E-state index contributed by atoms with van der Waals surface area (Å²) in [6.07, 6.45) is 2.96. The highest BCUT2D eigenvalue weighted by atomic mass is 19.1. The van der Waals surface area contributed by atoms with Crippen LogP contribution in [0, 0.1) is 0 Å². The number of ether oxygens (including phenoxy) is 1.